The summed E-state index contributed by atoms with van der Waals surface area (Å²) in [6.45, 7) is 4.37. The quantitative estimate of drug-likeness (QED) is 0.773. The summed E-state index contributed by atoms with van der Waals surface area (Å²) in [6.07, 6.45) is 2.84. The minimum absolute atomic E-state index is 0.0105. The van der Waals surface area contributed by atoms with Gasteiger partial charge in [0.25, 0.3) is 5.91 Å². The van der Waals surface area contributed by atoms with Gasteiger partial charge in [-0.15, -0.1) is 0 Å². The van der Waals surface area contributed by atoms with Crippen LogP contribution in [-0.4, -0.2) is 31.4 Å². The maximum Gasteiger partial charge on any atom is 0.251 e. The van der Waals surface area contributed by atoms with Crippen molar-refractivity contribution in [1.82, 2.24) is 10.6 Å². The average molecular weight is 289 g/mol. The second kappa shape index (κ2) is 7.78. The number of anilines is 1. The lowest BCUT2D eigenvalue weighted by molar-refractivity contribution is -0.120. The molecule has 1 atom stereocenters. The predicted octanol–water partition coefficient (Wildman–Crippen LogP) is 1.76. The van der Waals surface area contributed by atoms with Crippen LogP contribution in [-0.2, 0) is 4.79 Å². The van der Waals surface area contributed by atoms with Crippen molar-refractivity contribution in [1.29, 1.82) is 0 Å². The van der Waals surface area contributed by atoms with Crippen molar-refractivity contribution in [2.24, 2.45) is 5.92 Å². The lowest BCUT2D eigenvalue weighted by Crippen LogP contribution is -2.37. The molecule has 1 heterocycles. The molecule has 5 nitrogen and oxygen atoms in total. The van der Waals surface area contributed by atoms with E-state index in [9.17, 15) is 9.59 Å². The van der Waals surface area contributed by atoms with Crippen molar-refractivity contribution in [3.8, 4) is 0 Å². The zero-order valence-electron chi connectivity index (χ0n) is 12.4. The number of carbonyl (C=O) groups excluding carboxylic acids is 2. The van der Waals surface area contributed by atoms with E-state index in [4.69, 9.17) is 0 Å². The maximum atomic E-state index is 12.2. The molecule has 0 aromatic heterocycles. The number of hydrogen-bond donors (Lipinski definition) is 3. The molecular formula is C16H23N3O2. The molecule has 0 radical (unpaired) electrons. The van der Waals surface area contributed by atoms with E-state index >= 15 is 0 Å². The summed E-state index contributed by atoms with van der Waals surface area (Å²) in [5.74, 6) is -0.0723. The minimum Gasteiger partial charge on any atom is -0.352 e. The molecule has 3 N–H and O–H groups in total. The third-order valence-corrected chi connectivity index (χ3v) is 3.60. The molecule has 1 saturated heterocycles. The number of benzene rings is 1. The van der Waals surface area contributed by atoms with Crippen molar-refractivity contribution in [3.05, 3.63) is 29.8 Å². The number of nitrogens with one attached hydrogen (secondary N) is 3. The molecule has 2 rings (SSSR count). The SMILES string of the molecule is CCCNC(=O)c1cccc(NC(=O)[C@@H]2CCCNC2)c1. The van der Waals surface area contributed by atoms with Gasteiger partial charge in [-0.1, -0.05) is 13.0 Å². The summed E-state index contributed by atoms with van der Waals surface area (Å²) in [6, 6.07) is 7.07. The predicted molar refractivity (Wildman–Crippen MR) is 83.3 cm³/mol. The van der Waals surface area contributed by atoms with Gasteiger partial charge >= 0.3 is 0 Å². The molecule has 114 valence electrons. The van der Waals surface area contributed by atoms with Gasteiger partial charge in [-0.05, 0) is 44.0 Å². The van der Waals surface area contributed by atoms with E-state index in [0.29, 0.717) is 17.8 Å². The molecular weight excluding hydrogens is 266 g/mol. The van der Waals surface area contributed by atoms with Gasteiger partial charge in [0.05, 0.1) is 5.92 Å². The van der Waals surface area contributed by atoms with Crippen LogP contribution in [0.25, 0.3) is 0 Å². The molecule has 5 heteroatoms. The highest BCUT2D eigenvalue weighted by atomic mass is 16.2. The Labute approximate surface area is 125 Å². The van der Waals surface area contributed by atoms with Gasteiger partial charge in [0.2, 0.25) is 5.91 Å². The fourth-order valence-electron chi connectivity index (χ4n) is 2.40. The van der Waals surface area contributed by atoms with Crippen molar-refractivity contribution in [2.75, 3.05) is 25.0 Å². The first-order valence-corrected chi connectivity index (χ1v) is 7.60. The van der Waals surface area contributed by atoms with Crippen molar-refractivity contribution < 1.29 is 9.59 Å². The van der Waals surface area contributed by atoms with Crippen molar-refractivity contribution >= 4 is 17.5 Å². The Kier molecular flexibility index (Phi) is 5.75. The molecule has 0 aliphatic carbocycles. The summed E-state index contributed by atoms with van der Waals surface area (Å²) >= 11 is 0. The second-order valence-electron chi connectivity index (χ2n) is 5.37. The Balaban J connectivity index is 1.96. The fourth-order valence-corrected chi connectivity index (χ4v) is 2.40. The molecule has 1 aromatic carbocycles. The third-order valence-electron chi connectivity index (χ3n) is 3.60. The smallest absolute Gasteiger partial charge is 0.251 e. The van der Waals surface area contributed by atoms with Crippen LogP contribution in [0.3, 0.4) is 0 Å². The summed E-state index contributed by atoms with van der Waals surface area (Å²) in [5, 5.41) is 8.96. The number of rotatable bonds is 5. The Morgan fingerprint density at radius 1 is 1.38 bits per heavy atom. The Bertz CT molecular complexity index is 496. The molecule has 2 amide bonds. The van der Waals surface area contributed by atoms with Gasteiger partial charge in [0.1, 0.15) is 0 Å². The van der Waals surface area contributed by atoms with Gasteiger partial charge in [-0.2, -0.15) is 0 Å². The Morgan fingerprint density at radius 2 is 2.24 bits per heavy atom. The number of hydrogen-bond acceptors (Lipinski definition) is 3. The Hall–Kier alpha value is -1.88. The fraction of sp³-hybridized carbons (Fsp3) is 0.500. The minimum atomic E-state index is -0.104. The van der Waals surface area contributed by atoms with Gasteiger partial charge in [-0.25, -0.2) is 0 Å². The monoisotopic (exact) mass is 289 g/mol. The standard InChI is InChI=1S/C16H23N3O2/c1-2-8-18-15(20)12-5-3-7-14(10-12)19-16(21)13-6-4-9-17-11-13/h3,5,7,10,13,17H,2,4,6,8-9,11H2,1H3,(H,18,20)(H,19,21)/t13-/m1/s1. The highest BCUT2D eigenvalue weighted by Crippen LogP contribution is 2.15. The highest BCUT2D eigenvalue weighted by molar-refractivity contribution is 5.97. The first-order chi connectivity index (χ1) is 10.2. The van der Waals surface area contributed by atoms with Crippen LogP contribution >= 0.6 is 0 Å². The lowest BCUT2D eigenvalue weighted by Gasteiger charge is -2.22. The molecule has 0 spiro atoms. The van der Waals surface area contributed by atoms with Crippen LogP contribution in [0, 0.1) is 5.92 Å². The van der Waals surface area contributed by atoms with E-state index in [2.05, 4.69) is 16.0 Å². The first-order valence-electron chi connectivity index (χ1n) is 7.60. The molecule has 1 fully saturated rings. The van der Waals surface area contributed by atoms with Crippen LogP contribution in [0.4, 0.5) is 5.69 Å². The zero-order valence-corrected chi connectivity index (χ0v) is 12.4. The number of piperidine rings is 1. The molecule has 1 aliphatic rings. The molecule has 0 bridgehead atoms. The van der Waals surface area contributed by atoms with Gasteiger partial charge < -0.3 is 16.0 Å². The summed E-state index contributed by atoms with van der Waals surface area (Å²) in [7, 11) is 0. The van der Waals surface area contributed by atoms with E-state index in [-0.39, 0.29) is 17.7 Å². The lowest BCUT2D eigenvalue weighted by atomic mass is 9.98. The Morgan fingerprint density at radius 3 is 2.95 bits per heavy atom. The van der Waals surface area contributed by atoms with E-state index in [1.807, 2.05) is 13.0 Å². The first kappa shape index (κ1) is 15.5. The van der Waals surface area contributed by atoms with E-state index in [1.165, 1.54) is 0 Å². The van der Waals surface area contributed by atoms with E-state index in [0.717, 1.165) is 32.4 Å². The van der Waals surface area contributed by atoms with Crippen LogP contribution < -0.4 is 16.0 Å². The molecule has 0 unspecified atom stereocenters. The zero-order chi connectivity index (χ0) is 15.1. The summed E-state index contributed by atoms with van der Waals surface area (Å²) < 4.78 is 0. The van der Waals surface area contributed by atoms with Crippen molar-refractivity contribution in [2.45, 2.75) is 26.2 Å². The second-order valence-corrected chi connectivity index (χ2v) is 5.37. The van der Waals surface area contributed by atoms with E-state index in [1.54, 1.807) is 18.2 Å². The average Bonchev–Trinajstić information content (AvgIpc) is 2.53. The van der Waals surface area contributed by atoms with Crippen LogP contribution in [0.2, 0.25) is 0 Å². The van der Waals surface area contributed by atoms with Crippen LogP contribution in [0.5, 0.6) is 0 Å². The topological polar surface area (TPSA) is 70.2 Å². The van der Waals surface area contributed by atoms with Gasteiger partial charge in [-0.3, -0.25) is 9.59 Å². The third kappa shape index (κ3) is 4.56. The molecule has 0 saturated carbocycles. The molecule has 1 aromatic rings. The van der Waals surface area contributed by atoms with Crippen LogP contribution in [0.15, 0.2) is 24.3 Å². The number of carbonyl (C=O) groups is 2. The van der Waals surface area contributed by atoms with Gasteiger partial charge in [0, 0.05) is 24.3 Å². The van der Waals surface area contributed by atoms with E-state index < -0.39 is 0 Å². The van der Waals surface area contributed by atoms with Crippen LogP contribution in [0.1, 0.15) is 36.5 Å². The molecule has 21 heavy (non-hydrogen) atoms. The maximum absolute atomic E-state index is 12.2. The summed E-state index contributed by atoms with van der Waals surface area (Å²) in [4.78, 5) is 24.1. The van der Waals surface area contributed by atoms with Gasteiger partial charge in [0.15, 0.2) is 0 Å². The number of amides is 2. The van der Waals surface area contributed by atoms with Crippen molar-refractivity contribution in [3.63, 3.8) is 0 Å². The largest absolute Gasteiger partial charge is 0.352 e. The highest BCUT2D eigenvalue weighted by Gasteiger charge is 2.21. The summed E-state index contributed by atoms with van der Waals surface area (Å²) in [5.41, 5.74) is 1.25. The normalized spacial score (nSPS) is 18.0. The molecule has 1 aliphatic heterocycles.